The normalized spacial score (nSPS) is 30.6. The van der Waals surface area contributed by atoms with Gasteiger partial charge in [-0.05, 0) is 0 Å². The molecule has 0 saturated carbocycles. The first-order valence-electron chi connectivity index (χ1n) is 2.67. The summed E-state index contributed by atoms with van der Waals surface area (Å²) in [5.41, 5.74) is 0. The van der Waals surface area contributed by atoms with E-state index in [1.54, 1.807) is 0 Å². The van der Waals surface area contributed by atoms with Crippen molar-refractivity contribution in [3.05, 3.63) is 10.8 Å². The van der Waals surface area contributed by atoms with Crippen LogP contribution >= 0.6 is 15.9 Å². The summed E-state index contributed by atoms with van der Waals surface area (Å²) in [7, 11) is -2.26. The summed E-state index contributed by atoms with van der Waals surface area (Å²) in [6.07, 6.45) is 2.63. The zero-order valence-corrected chi connectivity index (χ0v) is 8.13. The van der Waals surface area contributed by atoms with E-state index in [0.29, 0.717) is 4.61 Å². The predicted octanol–water partition coefficient (Wildman–Crippen LogP) is -0.128. The van der Waals surface area contributed by atoms with E-state index >= 15 is 0 Å². The minimum atomic E-state index is -3.68. The Morgan fingerprint density at radius 1 is 1.73 bits per heavy atom. The quantitative estimate of drug-likeness (QED) is 0.513. The lowest BCUT2D eigenvalue weighted by Crippen LogP contribution is -2.48. The maximum absolute atomic E-state index is 11.0. The molecule has 0 aromatic heterocycles. The average Bonchev–Trinajstić information content (AvgIpc) is 2.12. The van der Waals surface area contributed by atoms with Gasteiger partial charge >= 0.3 is 10.2 Å². The van der Waals surface area contributed by atoms with E-state index < -0.39 is 14.1 Å². The fourth-order valence-electron chi connectivity index (χ4n) is 0.579. The van der Waals surface area contributed by atoms with Gasteiger partial charge in [0.05, 0.1) is 7.05 Å². The molecular weight excluding hydrogens is 234 g/mol. The summed E-state index contributed by atoms with van der Waals surface area (Å²) in [6, 6.07) is 0. The van der Waals surface area contributed by atoms with Gasteiger partial charge in [-0.2, -0.15) is 13.6 Å². The standard InChI is InChI=1S/C4H7BrN3O2S/c1-8(11(6,9)10)3-7-2-4(8)5/h2-3H,1H3,(H2,6,9,10)/q+1. The summed E-state index contributed by atoms with van der Waals surface area (Å²) >= 11 is 3.05. The Kier molecular flexibility index (Phi) is 1.91. The van der Waals surface area contributed by atoms with Crippen molar-refractivity contribution in [1.82, 2.24) is 0 Å². The maximum Gasteiger partial charge on any atom is 0.378 e. The lowest BCUT2D eigenvalue weighted by atomic mass is 10.8. The van der Waals surface area contributed by atoms with Crippen molar-refractivity contribution in [3.8, 4) is 0 Å². The lowest BCUT2D eigenvalue weighted by Gasteiger charge is -2.19. The second-order valence-corrected chi connectivity index (χ2v) is 4.82. The van der Waals surface area contributed by atoms with Crippen molar-refractivity contribution >= 4 is 32.5 Å². The number of nitrogens with zero attached hydrogens (tertiary/aromatic N) is 2. The fraction of sp³-hybridized carbons (Fsp3) is 0.250. The number of hydrogen-bond acceptors (Lipinski definition) is 3. The van der Waals surface area contributed by atoms with Crippen LogP contribution in [-0.2, 0) is 10.2 Å². The van der Waals surface area contributed by atoms with Crippen LogP contribution in [0.15, 0.2) is 15.8 Å². The second-order valence-electron chi connectivity index (χ2n) is 2.22. The minimum absolute atomic E-state index is 0.403. The summed E-state index contributed by atoms with van der Waals surface area (Å²) in [4.78, 5) is 3.66. The molecule has 0 saturated heterocycles. The Bertz CT molecular complexity index is 333. The topological polar surface area (TPSA) is 72.5 Å². The molecule has 5 nitrogen and oxygen atoms in total. The number of nitrogens with two attached hydrogens (primary N) is 1. The Labute approximate surface area is 73.1 Å². The maximum atomic E-state index is 11.0. The van der Waals surface area contributed by atoms with Gasteiger partial charge in [-0.25, -0.2) is 4.99 Å². The summed E-state index contributed by atoms with van der Waals surface area (Å²) in [5, 5.41) is 4.95. The van der Waals surface area contributed by atoms with Crippen LogP contribution in [0.3, 0.4) is 0 Å². The van der Waals surface area contributed by atoms with Crippen LogP contribution in [0.25, 0.3) is 0 Å². The first-order chi connectivity index (χ1) is 4.88. The highest BCUT2D eigenvalue weighted by Crippen LogP contribution is 2.25. The third kappa shape index (κ3) is 1.24. The molecule has 1 rings (SSSR count). The van der Waals surface area contributed by atoms with Crippen molar-refractivity contribution in [2.45, 2.75) is 0 Å². The lowest BCUT2D eigenvalue weighted by molar-refractivity contribution is -0.617. The smallest absolute Gasteiger partial charge is 0.203 e. The zero-order valence-electron chi connectivity index (χ0n) is 5.73. The molecule has 0 radical (unpaired) electrons. The van der Waals surface area contributed by atoms with Gasteiger partial charge in [-0.3, -0.25) is 0 Å². The van der Waals surface area contributed by atoms with E-state index in [-0.39, 0.29) is 0 Å². The highest BCUT2D eigenvalue weighted by atomic mass is 79.9. The first-order valence-corrected chi connectivity index (χ1v) is 4.97. The Morgan fingerprint density at radius 3 is 2.45 bits per heavy atom. The molecule has 1 unspecified atom stereocenters. The molecule has 2 N–H and O–H groups in total. The van der Waals surface area contributed by atoms with Crippen LogP contribution in [0.1, 0.15) is 0 Å². The third-order valence-corrected chi connectivity index (χ3v) is 3.95. The fourth-order valence-corrected chi connectivity index (χ4v) is 1.87. The Balaban J connectivity index is 3.24. The molecular formula is C4H7BrN3O2S+. The number of quaternary nitrogens is 1. The summed E-state index contributed by atoms with van der Waals surface area (Å²) in [6.45, 7) is 0. The van der Waals surface area contributed by atoms with Crippen molar-refractivity contribution < 1.29 is 12.3 Å². The monoisotopic (exact) mass is 240 g/mol. The second kappa shape index (κ2) is 2.37. The molecule has 0 aromatic rings. The van der Waals surface area contributed by atoms with E-state index in [0.717, 1.165) is 0 Å². The van der Waals surface area contributed by atoms with E-state index in [1.807, 2.05) is 0 Å². The molecule has 1 aliphatic heterocycles. The third-order valence-electron chi connectivity index (χ3n) is 1.42. The first kappa shape index (κ1) is 8.85. The van der Waals surface area contributed by atoms with Crippen molar-refractivity contribution in [1.29, 1.82) is 0 Å². The van der Waals surface area contributed by atoms with Crippen molar-refractivity contribution in [2.75, 3.05) is 7.05 Å². The molecule has 0 bridgehead atoms. The molecule has 1 aliphatic rings. The highest BCUT2D eigenvalue weighted by molar-refractivity contribution is 9.11. The SMILES string of the molecule is C[N+]1(S(N)(=O)=O)C=NC=C1Br. The van der Waals surface area contributed by atoms with Gasteiger partial charge in [-0.1, -0.05) is 0 Å². The van der Waals surface area contributed by atoms with Gasteiger partial charge in [0.2, 0.25) is 10.9 Å². The highest BCUT2D eigenvalue weighted by Gasteiger charge is 2.39. The summed E-state index contributed by atoms with van der Waals surface area (Å²) < 4.78 is 21.8. The number of rotatable bonds is 1. The molecule has 7 heteroatoms. The van der Waals surface area contributed by atoms with Gasteiger partial charge in [0.1, 0.15) is 6.20 Å². The largest absolute Gasteiger partial charge is 0.378 e. The van der Waals surface area contributed by atoms with Gasteiger partial charge in [0.25, 0.3) is 0 Å². The van der Waals surface area contributed by atoms with Crippen LogP contribution in [-0.4, -0.2) is 25.7 Å². The Hall–Kier alpha value is -0.240. The number of hydrogen-bond donors (Lipinski definition) is 1. The van der Waals surface area contributed by atoms with Crippen molar-refractivity contribution in [3.63, 3.8) is 0 Å². The Morgan fingerprint density at radius 2 is 2.27 bits per heavy atom. The van der Waals surface area contributed by atoms with Crippen LogP contribution in [0.5, 0.6) is 0 Å². The van der Waals surface area contributed by atoms with Crippen LogP contribution in [0.4, 0.5) is 0 Å². The molecule has 0 fully saturated rings. The van der Waals surface area contributed by atoms with Gasteiger partial charge in [0.15, 0.2) is 0 Å². The van der Waals surface area contributed by atoms with Crippen LogP contribution in [0, 0.1) is 0 Å². The molecule has 0 aromatic carbocycles. The van der Waals surface area contributed by atoms with Crippen LogP contribution < -0.4 is 5.14 Å². The predicted molar refractivity (Wildman–Crippen MR) is 44.8 cm³/mol. The molecule has 62 valence electrons. The van der Waals surface area contributed by atoms with Crippen LogP contribution in [0.2, 0.25) is 0 Å². The molecule has 0 amide bonds. The minimum Gasteiger partial charge on any atom is -0.203 e. The summed E-state index contributed by atoms with van der Waals surface area (Å²) in [5.74, 6) is 0. The molecule has 1 atom stereocenters. The van der Waals surface area contributed by atoms with Crippen molar-refractivity contribution in [2.24, 2.45) is 10.1 Å². The van der Waals surface area contributed by atoms with E-state index in [4.69, 9.17) is 5.14 Å². The molecule has 0 aliphatic carbocycles. The zero-order chi connectivity index (χ0) is 8.70. The van der Waals surface area contributed by atoms with Gasteiger partial charge in [-0.15, -0.1) is 3.89 Å². The van der Waals surface area contributed by atoms with E-state index in [9.17, 15) is 8.42 Å². The average molecular weight is 241 g/mol. The van der Waals surface area contributed by atoms with E-state index in [2.05, 4.69) is 20.9 Å². The van der Waals surface area contributed by atoms with Gasteiger partial charge in [0, 0.05) is 15.9 Å². The molecule has 1 heterocycles. The number of halogens is 1. The number of aliphatic imine (C=N–C) groups is 1. The molecule has 0 spiro atoms. The van der Waals surface area contributed by atoms with Gasteiger partial charge < -0.3 is 0 Å². The molecule has 11 heavy (non-hydrogen) atoms. The van der Waals surface area contributed by atoms with E-state index in [1.165, 1.54) is 19.6 Å².